The minimum absolute atomic E-state index is 0.00507. The Hall–Kier alpha value is -3.46. The van der Waals surface area contributed by atoms with Crippen LogP contribution in [-0.2, 0) is 4.74 Å². The highest BCUT2D eigenvalue weighted by atomic mass is 35.5. The van der Waals surface area contributed by atoms with Crippen molar-refractivity contribution in [3.63, 3.8) is 0 Å². The third kappa shape index (κ3) is 5.00. The number of aromatic nitrogens is 5. The zero-order valence-electron chi connectivity index (χ0n) is 18.7. The molecular formula is C22H20Cl2N6O5. The molecule has 1 fully saturated rings. The van der Waals surface area contributed by atoms with E-state index in [4.69, 9.17) is 37.9 Å². The Balaban J connectivity index is 1.75. The highest BCUT2D eigenvalue weighted by molar-refractivity contribution is 6.37. The molecule has 1 unspecified atom stereocenters. The molecule has 0 aliphatic carbocycles. The van der Waals surface area contributed by atoms with E-state index in [0.717, 1.165) is 17.5 Å². The third-order valence-corrected chi connectivity index (χ3v) is 5.92. The number of benzene rings is 1. The summed E-state index contributed by atoms with van der Waals surface area (Å²) in [5, 5.41) is 17.1. The first-order valence-corrected chi connectivity index (χ1v) is 11.5. The monoisotopic (exact) mass is 518 g/mol. The molecule has 1 saturated heterocycles. The molecule has 0 saturated carbocycles. The van der Waals surface area contributed by atoms with Gasteiger partial charge in [0.15, 0.2) is 12.0 Å². The van der Waals surface area contributed by atoms with E-state index >= 15 is 0 Å². The van der Waals surface area contributed by atoms with E-state index < -0.39 is 23.2 Å². The Morgan fingerprint density at radius 2 is 1.89 bits per heavy atom. The van der Waals surface area contributed by atoms with Crippen LogP contribution in [0.4, 0.5) is 0 Å². The van der Waals surface area contributed by atoms with Crippen molar-refractivity contribution in [3.05, 3.63) is 70.7 Å². The van der Waals surface area contributed by atoms with Crippen LogP contribution in [0, 0.1) is 11.3 Å². The predicted octanol–water partition coefficient (Wildman–Crippen LogP) is 3.27. The molecule has 11 nitrogen and oxygen atoms in total. The Morgan fingerprint density at radius 3 is 2.49 bits per heavy atom. The Morgan fingerprint density at radius 1 is 1.17 bits per heavy atom. The van der Waals surface area contributed by atoms with Crippen molar-refractivity contribution < 1.29 is 9.47 Å². The molecule has 2 aromatic heterocycles. The number of aromatic amines is 1. The molecule has 1 atom stereocenters. The van der Waals surface area contributed by atoms with Crippen LogP contribution in [0.5, 0.6) is 11.6 Å². The molecule has 3 heterocycles. The Bertz CT molecular complexity index is 1470. The molecular weight excluding hydrogens is 499 g/mol. The first-order valence-electron chi connectivity index (χ1n) is 10.8. The zero-order valence-corrected chi connectivity index (χ0v) is 20.3. The van der Waals surface area contributed by atoms with Gasteiger partial charge in [-0.2, -0.15) is 14.6 Å². The zero-order chi connectivity index (χ0) is 25.3. The van der Waals surface area contributed by atoms with Crippen LogP contribution < -0.4 is 21.5 Å². The summed E-state index contributed by atoms with van der Waals surface area (Å²) >= 11 is 12.8. The average molecular weight is 519 g/mol. The Kier molecular flexibility index (Phi) is 7.07. The summed E-state index contributed by atoms with van der Waals surface area (Å²) < 4.78 is 13.7. The van der Waals surface area contributed by atoms with Gasteiger partial charge in [-0.15, -0.1) is 10.2 Å². The largest absolute Gasteiger partial charge is 0.434 e. The lowest BCUT2D eigenvalue weighted by atomic mass is 10.1. The molecule has 1 N–H and O–H groups in total. The van der Waals surface area contributed by atoms with Gasteiger partial charge in [0.25, 0.3) is 11.1 Å². The second-order valence-electron chi connectivity index (χ2n) is 8.14. The van der Waals surface area contributed by atoms with Gasteiger partial charge in [-0.05, 0) is 37.3 Å². The quantitative estimate of drug-likeness (QED) is 0.541. The number of nitrogens with zero attached hydrogens (tertiary/aromatic N) is 5. The highest BCUT2D eigenvalue weighted by Gasteiger charge is 2.23. The summed E-state index contributed by atoms with van der Waals surface area (Å²) in [6.45, 7) is 4.29. The van der Waals surface area contributed by atoms with E-state index in [0.29, 0.717) is 18.6 Å². The predicted molar refractivity (Wildman–Crippen MR) is 127 cm³/mol. The molecule has 0 bridgehead atoms. The smallest absolute Gasteiger partial charge is 0.349 e. The third-order valence-electron chi connectivity index (χ3n) is 5.36. The van der Waals surface area contributed by atoms with Crippen LogP contribution in [0.1, 0.15) is 56.5 Å². The molecule has 35 heavy (non-hydrogen) atoms. The standard InChI is InChI=1S/C22H20Cl2N6O5/c1-11(2)13-9-17(28-30(21(13)32)18-5-3-4-6-34-18)35-19-14(23)7-12(8-15(19)24)29-22(33)26-20(31)16(10-25)27-29/h7-9,11,18H,3-6H2,1-2H3,(H,26,31,33). The van der Waals surface area contributed by atoms with Gasteiger partial charge in [0.1, 0.15) is 6.07 Å². The molecule has 0 amide bonds. The molecule has 1 aliphatic heterocycles. The number of hydrogen-bond donors (Lipinski definition) is 1. The van der Waals surface area contributed by atoms with Crippen LogP contribution in [0.25, 0.3) is 5.69 Å². The maximum absolute atomic E-state index is 13.0. The molecule has 1 aliphatic rings. The van der Waals surface area contributed by atoms with Gasteiger partial charge in [0.05, 0.1) is 15.7 Å². The minimum Gasteiger partial charge on any atom is -0.434 e. The SMILES string of the molecule is CC(C)c1cc(Oc2c(Cl)cc(-n3nc(C#N)c(=O)[nH]c3=O)cc2Cl)nn(C2CCCCO2)c1=O. The summed E-state index contributed by atoms with van der Waals surface area (Å²) in [6.07, 6.45) is 1.97. The molecule has 1 aromatic carbocycles. The van der Waals surface area contributed by atoms with Crippen molar-refractivity contribution in [1.29, 1.82) is 5.26 Å². The van der Waals surface area contributed by atoms with Gasteiger partial charge in [-0.25, -0.2) is 4.79 Å². The summed E-state index contributed by atoms with van der Waals surface area (Å²) in [5.41, 5.74) is -1.96. The van der Waals surface area contributed by atoms with Crippen LogP contribution >= 0.6 is 23.2 Å². The van der Waals surface area contributed by atoms with Crippen LogP contribution in [-0.4, -0.2) is 31.2 Å². The highest BCUT2D eigenvalue weighted by Crippen LogP contribution is 2.38. The number of ether oxygens (including phenoxy) is 2. The second-order valence-corrected chi connectivity index (χ2v) is 8.95. The van der Waals surface area contributed by atoms with Gasteiger partial charge < -0.3 is 9.47 Å². The van der Waals surface area contributed by atoms with Gasteiger partial charge in [-0.1, -0.05) is 37.0 Å². The average Bonchev–Trinajstić information content (AvgIpc) is 2.82. The lowest BCUT2D eigenvalue weighted by Crippen LogP contribution is -2.33. The van der Waals surface area contributed by atoms with Gasteiger partial charge in [0, 0.05) is 18.2 Å². The van der Waals surface area contributed by atoms with Gasteiger partial charge in [0.2, 0.25) is 11.6 Å². The fourth-order valence-corrected chi connectivity index (χ4v) is 4.15. The number of rotatable bonds is 5. The fourth-order valence-electron chi connectivity index (χ4n) is 3.60. The molecule has 0 radical (unpaired) electrons. The van der Waals surface area contributed by atoms with Gasteiger partial charge in [-0.3, -0.25) is 14.6 Å². The minimum atomic E-state index is -0.907. The van der Waals surface area contributed by atoms with Crippen molar-refractivity contribution in [3.8, 4) is 23.4 Å². The summed E-state index contributed by atoms with van der Waals surface area (Å²) in [7, 11) is 0. The second kappa shape index (κ2) is 10.0. The molecule has 0 spiro atoms. The lowest BCUT2D eigenvalue weighted by Gasteiger charge is -2.24. The summed E-state index contributed by atoms with van der Waals surface area (Å²) in [5.74, 6) is 0.0145. The van der Waals surface area contributed by atoms with E-state index in [2.05, 4.69) is 10.2 Å². The molecule has 4 rings (SSSR count). The van der Waals surface area contributed by atoms with E-state index in [1.54, 1.807) is 6.07 Å². The maximum Gasteiger partial charge on any atom is 0.349 e. The topological polar surface area (TPSA) is 145 Å². The van der Waals surface area contributed by atoms with Crippen molar-refractivity contribution in [1.82, 2.24) is 24.5 Å². The Labute approximate surface area is 208 Å². The van der Waals surface area contributed by atoms with Crippen molar-refractivity contribution >= 4 is 23.2 Å². The number of hydrogen-bond acceptors (Lipinski definition) is 8. The molecule has 3 aromatic rings. The van der Waals surface area contributed by atoms with E-state index in [1.807, 2.05) is 18.8 Å². The molecule has 13 heteroatoms. The number of nitrogens with one attached hydrogen (secondary N) is 1. The first kappa shape index (κ1) is 24.7. The van der Waals surface area contributed by atoms with Crippen molar-refractivity contribution in [2.75, 3.05) is 6.61 Å². The normalized spacial score (nSPS) is 15.7. The number of nitriles is 1. The van der Waals surface area contributed by atoms with Crippen molar-refractivity contribution in [2.24, 2.45) is 0 Å². The van der Waals surface area contributed by atoms with Crippen LogP contribution in [0.15, 0.2) is 32.6 Å². The fraction of sp³-hybridized carbons (Fsp3) is 0.364. The van der Waals surface area contributed by atoms with Crippen molar-refractivity contribution in [2.45, 2.75) is 45.3 Å². The van der Waals surface area contributed by atoms with Crippen LogP contribution in [0.3, 0.4) is 0 Å². The first-order chi connectivity index (χ1) is 16.7. The molecule has 182 valence electrons. The number of halogens is 2. The number of H-pyrrole nitrogens is 1. The van der Waals surface area contributed by atoms with E-state index in [9.17, 15) is 14.4 Å². The lowest BCUT2D eigenvalue weighted by molar-refractivity contribution is -0.0433. The summed E-state index contributed by atoms with van der Waals surface area (Å²) in [6, 6.07) is 5.80. The summed E-state index contributed by atoms with van der Waals surface area (Å²) in [4.78, 5) is 38.8. The van der Waals surface area contributed by atoms with E-state index in [1.165, 1.54) is 22.9 Å². The maximum atomic E-state index is 13.0. The van der Waals surface area contributed by atoms with E-state index in [-0.39, 0.29) is 38.8 Å². The van der Waals surface area contributed by atoms with Gasteiger partial charge >= 0.3 is 5.69 Å². The van der Waals surface area contributed by atoms with Crippen LogP contribution in [0.2, 0.25) is 10.0 Å².